The molecule has 0 N–H and O–H groups in total. The van der Waals surface area contributed by atoms with Crippen molar-refractivity contribution in [1.82, 2.24) is 4.98 Å². The average molecular weight is 283 g/mol. The maximum atomic E-state index is 4.04. The van der Waals surface area contributed by atoms with Gasteiger partial charge in [0.05, 0.1) is 0 Å². The van der Waals surface area contributed by atoms with E-state index in [4.69, 9.17) is 0 Å². The molecule has 0 aliphatic heterocycles. The largest absolute Gasteiger partial charge is 0.237 e. The Labute approximate surface area is 80.4 Å². The van der Waals surface area contributed by atoms with E-state index in [0.29, 0.717) is 0 Å². The van der Waals surface area contributed by atoms with Crippen LogP contribution in [0, 0.1) is 0 Å². The van der Waals surface area contributed by atoms with Gasteiger partial charge in [-0.1, -0.05) is 22.0 Å². The molecule has 54 valence electrons. The molecule has 0 atom stereocenters. The maximum Gasteiger partial charge on any atom is 0.159 e. The van der Waals surface area contributed by atoms with Crippen LogP contribution in [0.25, 0.3) is 6.08 Å². The molecule has 0 saturated carbocycles. The summed E-state index contributed by atoms with van der Waals surface area (Å²) in [6.07, 6.45) is 5.92. The Bertz CT molecular complexity index is 231. The predicted octanol–water partition coefficient (Wildman–Crippen LogP) is 3.31. The van der Waals surface area contributed by atoms with Crippen LogP contribution in [-0.4, -0.2) is 10.3 Å². The van der Waals surface area contributed by atoms with Crippen molar-refractivity contribution >= 4 is 49.3 Å². The molecular weight excluding hydrogens is 278 g/mol. The fraction of sp³-hybridized carbons (Fsp3) is 0.167. The van der Waals surface area contributed by atoms with Gasteiger partial charge in [0.2, 0.25) is 0 Å². The zero-order chi connectivity index (χ0) is 7.40. The van der Waals surface area contributed by atoms with E-state index in [0.717, 1.165) is 9.25 Å². The summed E-state index contributed by atoms with van der Waals surface area (Å²) in [5, 5.41) is 0.891. The fourth-order valence-electron chi connectivity index (χ4n) is 0.502. The van der Waals surface area contributed by atoms with Crippen LogP contribution in [-0.2, 0) is 0 Å². The van der Waals surface area contributed by atoms with Crippen molar-refractivity contribution < 1.29 is 0 Å². The van der Waals surface area contributed by atoms with Crippen LogP contribution < -0.4 is 0 Å². The number of hydrogen-bond acceptors (Lipinski definition) is 2. The molecule has 1 aromatic rings. The minimum atomic E-state index is 0.891. The number of hydrogen-bond donors (Lipinski definition) is 0. The van der Waals surface area contributed by atoms with E-state index >= 15 is 0 Å². The molecule has 0 aliphatic rings. The number of alkyl halides is 1. The Morgan fingerprint density at radius 1 is 1.70 bits per heavy atom. The molecule has 1 heterocycles. The minimum Gasteiger partial charge on any atom is -0.237 e. The first-order chi connectivity index (χ1) is 4.83. The molecule has 0 spiro atoms. The first-order valence-electron chi connectivity index (χ1n) is 2.67. The highest BCUT2D eigenvalue weighted by molar-refractivity contribution is 9.11. The molecule has 0 bridgehead atoms. The molecule has 0 aromatic carbocycles. The van der Waals surface area contributed by atoms with Crippen LogP contribution in [0.2, 0.25) is 0 Å². The Hall–Kier alpha value is 0.330. The summed E-state index contributed by atoms with van der Waals surface area (Å²) in [6.45, 7) is 0. The molecule has 0 unspecified atom stereocenters. The van der Waals surface area contributed by atoms with Gasteiger partial charge in [-0.3, -0.25) is 0 Å². The van der Waals surface area contributed by atoms with E-state index in [1.54, 1.807) is 11.3 Å². The predicted molar refractivity (Wildman–Crippen MR) is 52.6 cm³/mol. The lowest BCUT2D eigenvalue weighted by Gasteiger charge is -1.77. The molecule has 4 heteroatoms. The van der Waals surface area contributed by atoms with Crippen molar-refractivity contribution in [2.75, 3.05) is 5.33 Å². The third-order valence-electron chi connectivity index (χ3n) is 0.867. The zero-order valence-corrected chi connectivity index (χ0v) is 9.04. The lowest BCUT2D eigenvalue weighted by atomic mass is 10.5. The summed E-state index contributed by atoms with van der Waals surface area (Å²) in [6, 6.07) is 0. The van der Waals surface area contributed by atoms with E-state index in [-0.39, 0.29) is 0 Å². The number of allylic oxidation sites excluding steroid dienone is 1. The molecule has 1 nitrogen and oxygen atoms in total. The molecule has 10 heavy (non-hydrogen) atoms. The van der Waals surface area contributed by atoms with E-state index in [1.165, 1.54) is 4.88 Å². The third-order valence-corrected chi connectivity index (χ3v) is 2.68. The molecule has 0 radical (unpaired) electrons. The van der Waals surface area contributed by atoms with Crippen LogP contribution in [0.1, 0.15) is 4.88 Å². The molecule has 0 saturated heterocycles. The highest BCUT2D eigenvalue weighted by Crippen LogP contribution is 2.19. The Balaban J connectivity index is 2.67. The molecule has 0 amide bonds. The van der Waals surface area contributed by atoms with Gasteiger partial charge in [0.1, 0.15) is 0 Å². The van der Waals surface area contributed by atoms with E-state index in [1.807, 2.05) is 18.3 Å². The third kappa shape index (κ3) is 2.52. The zero-order valence-electron chi connectivity index (χ0n) is 5.05. The fourth-order valence-corrected chi connectivity index (χ4v) is 1.92. The van der Waals surface area contributed by atoms with Crippen molar-refractivity contribution in [2.45, 2.75) is 0 Å². The van der Waals surface area contributed by atoms with Gasteiger partial charge in [-0.15, -0.1) is 11.3 Å². The summed E-state index contributed by atoms with van der Waals surface area (Å²) < 4.78 is 0.932. The van der Waals surface area contributed by atoms with E-state index in [2.05, 4.69) is 36.8 Å². The van der Waals surface area contributed by atoms with Gasteiger partial charge in [-0.25, -0.2) is 4.98 Å². The maximum absolute atomic E-state index is 4.04. The summed E-state index contributed by atoms with van der Waals surface area (Å²) >= 11 is 8.21. The second kappa shape index (κ2) is 4.26. The van der Waals surface area contributed by atoms with Gasteiger partial charge in [-0.05, 0) is 22.0 Å². The van der Waals surface area contributed by atoms with Gasteiger partial charge in [0.15, 0.2) is 3.92 Å². The van der Waals surface area contributed by atoms with Gasteiger partial charge >= 0.3 is 0 Å². The van der Waals surface area contributed by atoms with Gasteiger partial charge in [0.25, 0.3) is 0 Å². The topological polar surface area (TPSA) is 12.9 Å². The van der Waals surface area contributed by atoms with Crippen molar-refractivity contribution in [1.29, 1.82) is 0 Å². The van der Waals surface area contributed by atoms with Crippen LogP contribution in [0.5, 0.6) is 0 Å². The molecular formula is C6H5Br2NS. The quantitative estimate of drug-likeness (QED) is 0.759. The first kappa shape index (κ1) is 8.43. The van der Waals surface area contributed by atoms with Gasteiger partial charge in [0, 0.05) is 16.4 Å². The van der Waals surface area contributed by atoms with Crippen molar-refractivity contribution in [3.05, 3.63) is 21.1 Å². The Morgan fingerprint density at radius 2 is 2.50 bits per heavy atom. The van der Waals surface area contributed by atoms with Crippen molar-refractivity contribution in [3.8, 4) is 0 Å². The van der Waals surface area contributed by atoms with Crippen LogP contribution in [0.15, 0.2) is 16.2 Å². The lowest BCUT2D eigenvalue weighted by Crippen LogP contribution is -1.59. The van der Waals surface area contributed by atoms with E-state index in [9.17, 15) is 0 Å². The standard InChI is InChI=1S/C6H5Br2NS/c7-3-1-2-5-4-9-6(8)10-5/h1-2,4H,3H2/b2-1+. The van der Waals surface area contributed by atoms with Crippen molar-refractivity contribution in [3.63, 3.8) is 0 Å². The average Bonchev–Trinajstić information content (AvgIpc) is 2.31. The first-order valence-corrected chi connectivity index (χ1v) is 5.40. The molecule has 0 fully saturated rings. The van der Waals surface area contributed by atoms with Crippen LogP contribution in [0.4, 0.5) is 0 Å². The Kier molecular flexibility index (Phi) is 3.59. The molecule has 1 rings (SSSR count). The second-order valence-corrected chi connectivity index (χ2v) is 4.56. The number of aromatic nitrogens is 1. The number of halogens is 2. The van der Waals surface area contributed by atoms with Crippen molar-refractivity contribution in [2.24, 2.45) is 0 Å². The normalized spacial score (nSPS) is 11.0. The van der Waals surface area contributed by atoms with E-state index < -0.39 is 0 Å². The summed E-state index contributed by atoms with van der Waals surface area (Å²) in [5.74, 6) is 0. The second-order valence-electron chi connectivity index (χ2n) is 1.57. The highest BCUT2D eigenvalue weighted by Gasteiger charge is 1.91. The molecule has 0 aliphatic carbocycles. The minimum absolute atomic E-state index is 0.891. The Morgan fingerprint density at radius 3 is 3.00 bits per heavy atom. The number of nitrogens with zero attached hydrogens (tertiary/aromatic N) is 1. The lowest BCUT2D eigenvalue weighted by molar-refractivity contribution is 1.38. The van der Waals surface area contributed by atoms with Gasteiger partial charge in [-0.2, -0.15) is 0 Å². The van der Waals surface area contributed by atoms with Gasteiger partial charge < -0.3 is 0 Å². The summed E-state index contributed by atoms with van der Waals surface area (Å²) in [7, 11) is 0. The van der Waals surface area contributed by atoms with Crippen LogP contribution >= 0.6 is 43.2 Å². The molecule has 1 aromatic heterocycles. The highest BCUT2D eigenvalue weighted by atomic mass is 79.9. The summed E-state index contributed by atoms with van der Waals surface area (Å²) in [5.41, 5.74) is 0. The summed E-state index contributed by atoms with van der Waals surface area (Å²) in [4.78, 5) is 5.21. The smallest absolute Gasteiger partial charge is 0.159 e. The number of rotatable bonds is 2. The SMILES string of the molecule is BrC/C=C/c1cnc(Br)s1. The van der Waals surface area contributed by atoms with Crippen LogP contribution in [0.3, 0.4) is 0 Å². The monoisotopic (exact) mass is 281 g/mol. The number of thiazole rings is 1.